The molecule has 3 rings (SSSR count). The first kappa shape index (κ1) is 23.8. The zero-order valence-corrected chi connectivity index (χ0v) is 18.5. The highest BCUT2D eigenvalue weighted by molar-refractivity contribution is 7.92. The number of amides is 1. The van der Waals surface area contributed by atoms with Gasteiger partial charge in [-0.15, -0.1) is 0 Å². The predicted molar refractivity (Wildman–Crippen MR) is 123 cm³/mol. The van der Waals surface area contributed by atoms with Crippen LogP contribution in [0, 0.1) is 0 Å². The molecule has 1 amide bonds. The molecule has 0 saturated carbocycles. The van der Waals surface area contributed by atoms with Gasteiger partial charge in [0.15, 0.2) is 6.61 Å². The number of benzene rings is 3. The molecule has 3 aromatic carbocycles. The van der Waals surface area contributed by atoms with Crippen molar-refractivity contribution in [1.82, 2.24) is 5.43 Å². The monoisotopic (exact) mass is 487 g/mol. The fourth-order valence-electron chi connectivity index (χ4n) is 2.61. The molecule has 0 saturated heterocycles. The molecular formula is C22H18ClN3O6S. The average Bonchev–Trinajstić information content (AvgIpc) is 2.79. The summed E-state index contributed by atoms with van der Waals surface area (Å²) in [6, 6.07) is 18.1. The minimum absolute atomic E-state index is 0.00378. The molecule has 0 unspecified atom stereocenters. The van der Waals surface area contributed by atoms with Crippen LogP contribution in [-0.2, 0) is 14.8 Å². The van der Waals surface area contributed by atoms with E-state index in [4.69, 9.17) is 21.4 Å². The van der Waals surface area contributed by atoms with E-state index in [-0.39, 0.29) is 16.1 Å². The van der Waals surface area contributed by atoms with Gasteiger partial charge in [-0.05, 0) is 66.2 Å². The Kier molecular flexibility index (Phi) is 7.65. The van der Waals surface area contributed by atoms with Gasteiger partial charge in [0, 0.05) is 5.02 Å². The van der Waals surface area contributed by atoms with Crippen molar-refractivity contribution < 1.29 is 27.9 Å². The third-order valence-corrected chi connectivity index (χ3v) is 5.80. The summed E-state index contributed by atoms with van der Waals surface area (Å²) in [4.78, 5) is 23.1. The summed E-state index contributed by atoms with van der Waals surface area (Å²) in [5, 5.41) is 12.9. The van der Waals surface area contributed by atoms with Gasteiger partial charge in [-0.1, -0.05) is 23.7 Å². The van der Waals surface area contributed by atoms with Gasteiger partial charge in [-0.2, -0.15) is 5.10 Å². The maximum Gasteiger partial charge on any atom is 0.341 e. The number of hydrogen-bond acceptors (Lipinski definition) is 6. The Morgan fingerprint density at radius 2 is 1.67 bits per heavy atom. The number of carboxylic acids is 1. The van der Waals surface area contributed by atoms with E-state index in [1.165, 1.54) is 42.6 Å². The van der Waals surface area contributed by atoms with Crippen LogP contribution in [0.15, 0.2) is 82.8 Å². The highest BCUT2D eigenvalue weighted by atomic mass is 35.5. The van der Waals surface area contributed by atoms with Crippen LogP contribution in [0.4, 0.5) is 5.69 Å². The molecule has 3 aromatic rings. The van der Waals surface area contributed by atoms with Gasteiger partial charge in [-0.3, -0.25) is 9.52 Å². The standard InChI is InChI=1S/C22H18ClN3O6S/c23-16-7-11-18(12-8-16)33(30,31)26-20-4-2-1-3-19(20)22(29)25-24-13-15-5-9-17(10-6-15)32-14-21(27)28/h1-13,26H,14H2,(H,25,29)(H,27,28)/b24-13+. The van der Waals surface area contributed by atoms with E-state index >= 15 is 0 Å². The van der Waals surface area contributed by atoms with Crippen molar-refractivity contribution in [1.29, 1.82) is 0 Å². The lowest BCUT2D eigenvalue weighted by molar-refractivity contribution is -0.139. The van der Waals surface area contributed by atoms with Gasteiger partial charge in [0.05, 0.1) is 22.4 Å². The second-order valence-electron chi connectivity index (χ2n) is 6.56. The number of hydrogen-bond donors (Lipinski definition) is 3. The highest BCUT2D eigenvalue weighted by Crippen LogP contribution is 2.21. The number of carbonyl (C=O) groups excluding carboxylic acids is 1. The van der Waals surface area contributed by atoms with Crippen LogP contribution in [0.1, 0.15) is 15.9 Å². The Labute approximate surface area is 194 Å². The first-order valence-corrected chi connectivity index (χ1v) is 11.3. The van der Waals surface area contributed by atoms with Gasteiger partial charge >= 0.3 is 5.97 Å². The first-order chi connectivity index (χ1) is 15.7. The van der Waals surface area contributed by atoms with E-state index in [9.17, 15) is 18.0 Å². The number of nitrogens with one attached hydrogen (secondary N) is 2. The maximum atomic E-state index is 12.6. The van der Waals surface area contributed by atoms with Crippen LogP contribution in [0.3, 0.4) is 0 Å². The van der Waals surface area contributed by atoms with Crippen molar-refractivity contribution in [2.45, 2.75) is 4.90 Å². The third kappa shape index (κ3) is 6.79. The molecule has 0 aromatic heterocycles. The number of carbonyl (C=O) groups is 2. The average molecular weight is 488 g/mol. The molecule has 0 spiro atoms. The van der Waals surface area contributed by atoms with Crippen LogP contribution in [0.25, 0.3) is 0 Å². The molecular weight excluding hydrogens is 470 g/mol. The van der Waals surface area contributed by atoms with Crippen molar-refractivity contribution in [2.24, 2.45) is 5.10 Å². The van der Waals surface area contributed by atoms with Gasteiger partial charge in [0.1, 0.15) is 5.75 Å². The van der Waals surface area contributed by atoms with Crippen molar-refractivity contribution in [3.8, 4) is 5.75 Å². The Balaban J connectivity index is 1.67. The van der Waals surface area contributed by atoms with Gasteiger partial charge in [-0.25, -0.2) is 18.6 Å². The molecule has 0 aliphatic heterocycles. The number of ether oxygens (including phenoxy) is 1. The largest absolute Gasteiger partial charge is 0.482 e. The smallest absolute Gasteiger partial charge is 0.341 e. The number of para-hydroxylation sites is 1. The summed E-state index contributed by atoms with van der Waals surface area (Å²) in [5.74, 6) is -1.33. The molecule has 9 nitrogen and oxygen atoms in total. The predicted octanol–water partition coefficient (Wildman–Crippen LogP) is 3.37. The number of halogens is 1. The molecule has 0 fully saturated rings. The van der Waals surface area contributed by atoms with Crippen molar-refractivity contribution in [3.05, 3.63) is 88.9 Å². The maximum absolute atomic E-state index is 12.6. The van der Waals surface area contributed by atoms with E-state index in [2.05, 4.69) is 15.2 Å². The summed E-state index contributed by atoms with van der Waals surface area (Å²) in [6.45, 7) is -0.454. The lowest BCUT2D eigenvalue weighted by atomic mass is 10.2. The Morgan fingerprint density at radius 1 is 1.00 bits per heavy atom. The first-order valence-electron chi connectivity index (χ1n) is 9.40. The van der Waals surface area contributed by atoms with E-state index < -0.39 is 28.5 Å². The number of rotatable bonds is 9. The summed E-state index contributed by atoms with van der Waals surface area (Å²) in [6.07, 6.45) is 1.37. The molecule has 11 heteroatoms. The Bertz CT molecular complexity index is 1280. The van der Waals surface area contributed by atoms with Crippen LogP contribution in [0.2, 0.25) is 5.02 Å². The van der Waals surface area contributed by atoms with E-state index in [1.54, 1.807) is 36.4 Å². The number of carboxylic acid groups (broad SMARTS) is 1. The zero-order chi connectivity index (χ0) is 23.8. The summed E-state index contributed by atoms with van der Waals surface area (Å²) < 4.78 is 32.7. The van der Waals surface area contributed by atoms with Crippen molar-refractivity contribution in [3.63, 3.8) is 0 Å². The van der Waals surface area contributed by atoms with Crippen LogP contribution in [0.5, 0.6) is 5.75 Å². The fraction of sp³-hybridized carbons (Fsp3) is 0.0455. The quantitative estimate of drug-likeness (QED) is 0.313. The number of hydrazone groups is 1. The highest BCUT2D eigenvalue weighted by Gasteiger charge is 2.18. The third-order valence-electron chi connectivity index (χ3n) is 4.16. The molecule has 0 heterocycles. The summed E-state index contributed by atoms with van der Waals surface area (Å²) >= 11 is 5.81. The number of anilines is 1. The van der Waals surface area contributed by atoms with Crippen LogP contribution < -0.4 is 14.9 Å². The van der Waals surface area contributed by atoms with E-state index in [0.717, 1.165) is 0 Å². The molecule has 0 bridgehead atoms. The second-order valence-corrected chi connectivity index (χ2v) is 8.67. The lowest BCUT2D eigenvalue weighted by Gasteiger charge is -2.11. The van der Waals surface area contributed by atoms with Gasteiger partial charge in [0.25, 0.3) is 15.9 Å². The SMILES string of the molecule is O=C(O)COc1ccc(/C=N/NC(=O)c2ccccc2NS(=O)(=O)c2ccc(Cl)cc2)cc1. The van der Waals surface area contributed by atoms with Crippen LogP contribution in [-0.4, -0.2) is 38.2 Å². The van der Waals surface area contributed by atoms with Gasteiger partial charge in [0.2, 0.25) is 0 Å². The Morgan fingerprint density at radius 3 is 2.33 bits per heavy atom. The summed E-state index contributed by atoms with van der Waals surface area (Å²) in [5.41, 5.74) is 3.12. The molecule has 33 heavy (non-hydrogen) atoms. The zero-order valence-electron chi connectivity index (χ0n) is 16.9. The second kappa shape index (κ2) is 10.6. The topological polar surface area (TPSA) is 134 Å². The molecule has 0 aliphatic rings. The Hall–Kier alpha value is -3.89. The van der Waals surface area contributed by atoms with Crippen molar-refractivity contribution >= 4 is 45.4 Å². The molecule has 0 radical (unpaired) electrons. The van der Waals surface area contributed by atoms with E-state index in [1.807, 2.05) is 0 Å². The molecule has 170 valence electrons. The fourth-order valence-corrected chi connectivity index (χ4v) is 3.81. The molecule has 0 aliphatic carbocycles. The van der Waals surface area contributed by atoms with Crippen LogP contribution >= 0.6 is 11.6 Å². The number of nitrogens with zero attached hydrogens (tertiary/aromatic N) is 1. The minimum Gasteiger partial charge on any atom is -0.482 e. The minimum atomic E-state index is -3.94. The van der Waals surface area contributed by atoms with Crippen molar-refractivity contribution in [2.75, 3.05) is 11.3 Å². The normalized spacial score (nSPS) is 11.2. The summed E-state index contributed by atoms with van der Waals surface area (Å²) in [7, 11) is -3.94. The number of aliphatic carboxylic acids is 1. The van der Waals surface area contributed by atoms with E-state index in [0.29, 0.717) is 16.3 Å². The molecule has 3 N–H and O–H groups in total. The van der Waals surface area contributed by atoms with Gasteiger partial charge < -0.3 is 9.84 Å². The molecule has 0 atom stereocenters. The lowest BCUT2D eigenvalue weighted by Crippen LogP contribution is -2.21. The number of sulfonamides is 1.